The summed E-state index contributed by atoms with van der Waals surface area (Å²) in [5, 5.41) is 5.74. The van der Waals surface area contributed by atoms with E-state index in [9.17, 15) is 9.59 Å². The standard InChI is InChI=1S/C16H20N2O3S/c1-10-3-4-13-12(9-10)18-15(20)16(2,21-13)14(19)17-11-5-7-22-8-6-11/h3-4,9,11H,5-8H2,1-2H3,(H,17,19)(H,18,20)/t16-/m0/s1. The van der Waals surface area contributed by atoms with Crippen LogP contribution >= 0.6 is 11.8 Å². The van der Waals surface area contributed by atoms with Crippen molar-refractivity contribution >= 4 is 29.3 Å². The third kappa shape index (κ3) is 2.79. The van der Waals surface area contributed by atoms with Crippen molar-refractivity contribution in [2.75, 3.05) is 16.8 Å². The molecule has 5 nitrogen and oxygen atoms in total. The van der Waals surface area contributed by atoms with Crippen molar-refractivity contribution in [3.63, 3.8) is 0 Å². The molecule has 2 amide bonds. The van der Waals surface area contributed by atoms with Crippen LogP contribution in [0.25, 0.3) is 0 Å². The molecule has 0 spiro atoms. The van der Waals surface area contributed by atoms with E-state index in [0.29, 0.717) is 11.4 Å². The van der Waals surface area contributed by atoms with Gasteiger partial charge in [-0.1, -0.05) is 6.07 Å². The second-order valence-corrected chi connectivity index (χ2v) is 7.17. The molecule has 0 aliphatic carbocycles. The molecule has 0 radical (unpaired) electrons. The second-order valence-electron chi connectivity index (χ2n) is 5.95. The van der Waals surface area contributed by atoms with Gasteiger partial charge in [-0.25, -0.2) is 0 Å². The average molecular weight is 320 g/mol. The van der Waals surface area contributed by atoms with Gasteiger partial charge in [-0.3, -0.25) is 9.59 Å². The van der Waals surface area contributed by atoms with E-state index in [1.807, 2.05) is 30.8 Å². The Hall–Kier alpha value is -1.69. The van der Waals surface area contributed by atoms with Gasteiger partial charge in [-0.05, 0) is 55.9 Å². The lowest BCUT2D eigenvalue weighted by molar-refractivity contribution is -0.147. The minimum absolute atomic E-state index is 0.126. The maximum absolute atomic E-state index is 12.6. The van der Waals surface area contributed by atoms with Crippen molar-refractivity contribution in [3.8, 4) is 5.75 Å². The lowest BCUT2D eigenvalue weighted by atomic mass is 10.00. The molecule has 118 valence electrons. The van der Waals surface area contributed by atoms with Crippen LogP contribution in [0.1, 0.15) is 25.3 Å². The van der Waals surface area contributed by atoms with Crippen LogP contribution in [0, 0.1) is 6.92 Å². The summed E-state index contributed by atoms with van der Waals surface area (Å²) in [6.07, 6.45) is 1.87. The first-order chi connectivity index (χ1) is 10.5. The van der Waals surface area contributed by atoms with Crippen LogP contribution in [0.2, 0.25) is 0 Å². The molecule has 0 aromatic heterocycles. The second kappa shape index (κ2) is 5.83. The third-order valence-corrected chi connectivity index (χ3v) is 5.17. The van der Waals surface area contributed by atoms with Crippen LogP contribution in [0.15, 0.2) is 18.2 Å². The predicted molar refractivity (Wildman–Crippen MR) is 87.3 cm³/mol. The quantitative estimate of drug-likeness (QED) is 0.819. The summed E-state index contributed by atoms with van der Waals surface area (Å²) in [7, 11) is 0. The fourth-order valence-electron chi connectivity index (χ4n) is 2.65. The first kappa shape index (κ1) is 15.2. The zero-order valence-electron chi connectivity index (χ0n) is 12.8. The van der Waals surface area contributed by atoms with E-state index < -0.39 is 11.5 Å². The number of thioether (sulfide) groups is 1. The minimum atomic E-state index is -1.52. The SMILES string of the molecule is Cc1ccc2c(c1)NC(=O)[C@](C)(C(=O)NC1CCSCC1)O2. The van der Waals surface area contributed by atoms with E-state index >= 15 is 0 Å². The maximum Gasteiger partial charge on any atom is 0.278 e. The molecule has 0 saturated carbocycles. The van der Waals surface area contributed by atoms with Crippen LogP contribution in [0.3, 0.4) is 0 Å². The fraction of sp³-hybridized carbons (Fsp3) is 0.500. The molecule has 1 fully saturated rings. The number of benzene rings is 1. The normalized spacial score (nSPS) is 24.9. The molecule has 0 unspecified atom stereocenters. The Morgan fingerprint density at radius 3 is 2.86 bits per heavy atom. The molecule has 6 heteroatoms. The van der Waals surface area contributed by atoms with Gasteiger partial charge in [0, 0.05) is 6.04 Å². The van der Waals surface area contributed by atoms with Gasteiger partial charge in [-0.2, -0.15) is 11.8 Å². The maximum atomic E-state index is 12.6. The van der Waals surface area contributed by atoms with Gasteiger partial charge in [-0.15, -0.1) is 0 Å². The molecular formula is C16H20N2O3S. The summed E-state index contributed by atoms with van der Waals surface area (Å²) >= 11 is 1.89. The Kier molecular flexibility index (Phi) is 4.04. The monoisotopic (exact) mass is 320 g/mol. The number of ether oxygens (including phenoxy) is 1. The summed E-state index contributed by atoms with van der Waals surface area (Å²) in [6, 6.07) is 5.64. The largest absolute Gasteiger partial charge is 0.466 e. The Bertz CT molecular complexity index is 613. The molecule has 2 aliphatic heterocycles. The highest BCUT2D eigenvalue weighted by molar-refractivity contribution is 7.99. The van der Waals surface area contributed by atoms with E-state index in [1.165, 1.54) is 6.92 Å². The lowest BCUT2D eigenvalue weighted by Gasteiger charge is -2.35. The average Bonchev–Trinajstić information content (AvgIpc) is 2.50. The highest BCUT2D eigenvalue weighted by atomic mass is 32.2. The first-order valence-corrected chi connectivity index (χ1v) is 8.64. The van der Waals surface area contributed by atoms with Gasteiger partial charge < -0.3 is 15.4 Å². The molecule has 1 atom stereocenters. The Balaban J connectivity index is 1.78. The van der Waals surface area contributed by atoms with Gasteiger partial charge in [0.2, 0.25) is 0 Å². The number of nitrogens with one attached hydrogen (secondary N) is 2. The van der Waals surface area contributed by atoms with E-state index in [2.05, 4.69) is 10.6 Å². The van der Waals surface area contributed by atoms with Crippen LogP contribution in [0.5, 0.6) is 5.75 Å². The van der Waals surface area contributed by atoms with Crippen molar-refractivity contribution in [1.29, 1.82) is 0 Å². The zero-order valence-corrected chi connectivity index (χ0v) is 13.6. The van der Waals surface area contributed by atoms with Crippen molar-refractivity contribution in [2.24, 2.45) is 0 Å². The topological polar surface area (TPSA) is 67.4 Å². The smallest absolute Gasteiger partial charge is 0.278 e. The Morgan fingerprint density at radius 1 is 1.41 bits per heavy atom. The van der Waals surface area contributed by atoms with Gasteiger partial charge in [0.1, 0.15) is 5.75 Å². The van der Waals surface area contributed by atoms with Crippen LogP contribution < -0.4 is 15.4 Å². The van der Waals surface area contributed by atoms with E-state index in [1.54, 1.807) is 6.07 Å². The first-order valence-electron chi connectivity index (χ1n) is 7.49. The van der Waals surface area contributed by atoms with Crippen LogP contribution in [0.4, 0.5) is 5.69 Å². The van der Waals surface area contributed by atoms with Crippen molar-refractivity contribution < 1.29 is 14.3 Å². The van der Waals surface area contributed by atoms with Crippen molar-refractivity contribution in [3.05, 3.63) is 23.8 Å². The molecule has 2 aliphatic rings. The summed E-state index contributed by atoms with van der Waals surface area (Å²) < 4.78 is 5.76. The molecule has 0 bridgehead atoms. The molecule has 2 N–H and O–H groups in total. The number of amides is 2. The summed E-state index contributed by atoms with van der Waals surface area (Å²) in [6.45, 7) is 3.46. The van der Waals surface area contributed by atoms with E-state index in [0.717, 1.165) is 29.9 Å². The third-order valence-electron chi connectivity index (χ3n) is 4.12. The summed E-state index contributed by atoms with van der Waals surface area (Å²) in [5.41, 5.74) is 0.118. The zero-order chi connectivity index (χ0) is 15.7. The van der Waals surface area contributed by atoms with E-state index in [4.69, 9.17) is 4.74 Å². The van der Waals surface area contributed by atoms with Crippen molar-refractivity contribution in [1.82, 2.24) is 5.32 Å². The minimum Gasteiger partial charge on any atom is -0.466 e. The van der Waals surface area contributed by atoms with Gasteiger partial charge in [0.05, 0.1) is 5.69 Å². The number of aryl methyl sites for hydroxylation is 1. The fourth-order valence-corrected chi connectivity index (χ4v) is 3.76. The highest BCUT2D eigenvalue weighted by Crippen LogP contribution is 2.34. The summed E-state index contributed by atoms with van der Waals surface area (Å²) in [5.74, 6) is 1.82. The van der Waals surface area contributed by atoms with E-state index in [-0.39, 0.29) is 11.9 Å². The molecule has 2 heterocycles. The summed E-state index contributed by atoms with van der Waals surface area (Å²) in [4.78, 5) is 24.9. The molecular weight excluding hydrogens is 300 g/mol. The Labute approximate surface area is 134 Å². The molecule has 3 rings (SSSR count). The number of hydrogen-bond donors (Lipinski definition) is 2. The number of carbonyl (C=O) groups excluding carboxylic acids is 2. The number of rotatable bonds is 2. The molecule has 1 aromatic carbocycles. The van der Waals surface area contributed by atoms with Crippen LogP contribution in [-0.4, -0.2) is 35.0 Å². The predicted octanol–water partition coefficient (Wildman–Crippen LogP) is 2.10. The molecule has 1 saturated heterocycles. The van der Waals surface area contributed by atoms with Crippen molar-refractivity contribution in [2.45, 2.75) is 38.3 Å². The van der Waals surface area contributed by atoms with Gasteiger partial charge >= 0.3 is 0 Å². The van der Waals surface area contributed by atoms with Gasteiger partial charge in [0.25, 0.3) is 17.4 Å². The van der Waals surface area contributed by atoms with Crippen LogP contribution in [-0.2, 0) is 9.59 Å². The number of anilines is 1. The Morgan fingerprint density at radius 2 is 2.14 bits per heavy atom. The van der Waals surface area contributed by atoms with Gasteiger partial charge in [0.15, 0.2) is 0 Å². The number of hydrogen-bond acceptors (Lipinski definition) is 4. The molecule has 22 heavy (non-hydrogen) atoms. The lowest BCUT2D eigenvalue weighted by Crippen LogP contribution is -2.60. The number of carbonyl (C=O) groups is 2. The highest BCUT2D eigenvalue weighted by Gasteiger charge is 2.47. The number of fused-ring (bicyclic) bond motifs is 1. The molecule has 1 aromatic rings.